The van der Waals surface area contributed by atoms with Crippen molar-refractivity contribution >= 4 is 22.5 Å². The Morgan fingerprint density at radius 1 is 1.17 bits per heavy atom. The molecule has 0 aliphatic carbocycles. The van der Waals surface area contributed by atoms with Gasteiger partial charge in [-0.15, -0.1) is 0 Å². The Kier molecular flexibility index (Phi) is 4.88. The smallest absolute Gasteiger partial charge is 0.150 e. The van der Waals surface area contributed by atoms with Gasteiger partial charge in [0.15, 0.2) is 0 Å². The second-order valence-electron chi connectivity index (χ2n) is 7.72. The van der Waals surface area contributed by atoms with E-state index >= 15 is 0 Å². The Morgan fingerprint density at radius 2 is 2.10 bits per heavy atom. The third-order valence-corrected chi connectivity index (χ3v) is 5.69. The summed E-state index contributed by atoms with van der Waals surface area (Å²) in [5.41, 5.74) is 3.12. The molecule has 1 aliphatic heterocycles. The minimum atomic E-state index is -0.202. The number of pyridine rings is 1. The van der Waals surface area contributed by atoms with E-state index in [0.717, 1.165) is 53.9 Å². The molecule has 152 valence electrons. The summed E-state index contributed by atoms with van der Waals surface area (Å²) < 4.78 is 15.9. The maximum absolute atomic E-state index is 13.9. The van der Waals surface area contributed by atoms with Gasteiger partial charge in [-0.25, -0.2) is 14.4 Å². The Bertz CT molecular complexity index is 1170. The van der Waals surface area contributed by atoms with Gasteiger partial charge in [-0.3, -0.25) is 9.88 Å². The lowest BCUT2D eigenvalue weighted by atomic mass is 10.1. The average Bonchev–Trinajstić information content (AvgIpc) is 3.34. The highest BCUT2D eigenvalue weighted by atomic mass is 19.1. The number of hydrogen-bond acceptors (Lipinski definition) is 5. The topological polar surface area (TPSA) is 58.9 Å². The number of hydrogen-bond donors (Lipinski definition) is 1. The fourth-order valence-corrected chi connectivity index (χ4v) is 4.31. The summed E-state index contributed by atoms with van der Waals surface area (Å²) in [7, 11) is 2.00. The lowest BCUT2D eigenvalue weighted by Crippen LogP contribution is -2.23. The lowest BCUT2D eigenvalue weighted by Gasteiger charge is -2.24. The van der Waals surface area contributed by atoms with Crippen LogP contribution in [0.1, 0.15) is 30.1 Å². The maximum Gasteiger partial charge on any atom is 0.150 e. The van der Waals surface area contributed by atoms with Crippen LogP contribution in [-0.2, 0) is 13.6 Å². The SMILES string of the molecule is Cn1cc(CN2CCC[C@H]2c2cncc(Nc3ccccn3)n2)c2cc(F)ccc21. The molecular formula is C23H23FN6. The number of nitrogens with one attached hydrogen (secondary N) is 1. The summed E-state index contributed by atoms with van der Waals surface area (Å²) in [6, 6.07) is 10.9. The molecule has 0 spiro atoms. The predicted octanol–water partition coefficient (Wildman–Crippen LogP) is 4.58. The zero-order chi connectivity index (χ0) is 20.5. The third kappa shape index (κ3) is 3.64. The molecule has 1 atom stereocenters. The number of halogens is 1. The minimum absolute atomic E-state index is 0.187. The minimum Gasteiger partial charge on any atom is -0.350 e. The van der Waals surface area contributed by atoms with Crippen molar-refractivity contribution in [1.29, 1.82) is 0 Å². The van der Waals surface area contributed by atoms with Gasteiger partial charge >= 0.3 is 0 Å². The fourth-order valence-electron chi connectivity index (χ4n) is 4.31. The van der Waals surface area contributed by atoms with Crippen LogP contribution in [-0.4, -0.2) is 31.0 Å². The number of aryl methyl sites for hydroxylation is 1. The van der Waals surface area contributed by atoms with E-state index in [1.807, 2.05) is 37.5 Å². The molecular weight excluding hydrogens is 379 g/mol. The second-order valence-corrected chi connectivity index (χ2v) is 7.72. The molecule has 5 rings (SSSR count). The van der Waals surface area contributed by atoms with Crippen LogP contribution >= 0.6 is 0 Å². The van der Waals surface area contributed by atoms with Gasteiger partial charge in [-0.1, -0.05) is 6.07 Å². The Morgan fingerprint density at radius 3 is 2.97 bits per heavy atom. The summed E-state index contributed by atoms with van der Waals surface area (Å²) in [5, 5.41) is 4.19. The van der Waals surface area contributed by atoms with Crippen molar-refractivity contribution in [2.45, 2.75) is 25.4 Å². The molecule has 0 amide bonds. The van der Waals surface area contributed by atoms with E-state index in [9.17, 15) is 4.39 Å². The van der Waals surface area contributed by atoms with E-state index in [0.29, 0.717) is 5.82 Å². The molecule has 0 saturated carbocycles. The highest BCUT2D eigenvalue weighted by molar-refractivity contribution is 5.84. The molecule has 1 aliphatic rings. The lowest BCUT2D eigenvalue weighted by molar-refractivity contribution is 0.245. The van der Waals surface area contributed by atoms with Gasteiger partial charge in [0.25, 0.3) is 0 Å². The van der Waals surface area contributed by atoms with E-state index in [1.54, 1.807) is 18.5 Å². The van der Waals surface area contributed by atoms with Gasteiger partial charge in [0, 0.05) is 36.9 Å². The van der Waals surface area contributed by atoms with Crippen molar-refractivity contribution in [1.82, 2.24) is 24.4 Å². The molecule has 1 N–H and O–H groups in total. The molecule has 1 fully saturated rings. The first kappa shape index (κ1) is 18.7. The van der Waals surface area contributed by atoms with Crippen LogP contribution in [0, 0.1) is 5.82 Å². The standard InChI is InChI=1S/C23H23FN6/c1-29-14-16(18-11-17(24)7-8-20(18)29)15-30-10-4-5-21(30)19-12-25-13-23(27-19)28-22-6-2-3-9-26-22/h2-3,6-9,11-14,21H,4-5,10,15H2,1H3,(H,26,27,28)/t21-/m0/s1. The van der Waals surface area contributed by atoms with Crippen LogP contribution < -0.4 is 5.32 Å². The van der Waals surface area contributed by atoms with E-state index in [1.165, 1.54) is 6.07 Å². The van der Waals surface area contributed by atoms with E-state index < -0.39 is 0 Å². The molecule has 1 saturated heterocycles. The Balaban J connectivity index is 1.40. The molecule has 30 heavy (non-hydrogen) atoms. The van der Waals surface area contributed by atoms with E-state index in [2.05, 4.69) is 30.9 Å². The van der Waals surface area contributed by atoms with Crippen molar-refractivity contribution < 1.29 is 4.39 Å². The van der Waals surface area contributed by atoms with E-state index in [4.69, 9.17) is 4.98 Å². The molecule has 0 unspecified atom stereocenters. The zero-order valence-corrected chi connectivity index (χ0v) is 16.8. The molecule has 0 bridgehead atoms. The van der Waals surface area contributed by atoms with Crippen molar-refractivity contribution in [3.05, 3.63) is 78.3 Å². The fraction of sp³-hybridized carbons (Fsp3) is 0.261. The molecule has 4 aromatic rings. The summed E-state index contributed by atoms with van der Waals surface area (Å²) in [4.78, 5) is 15.9. The third-order valence-electron chi connectivity index (χ3n) is 5.69. The Labute approximate surface area is 174 Å². The largest absolute Gasteiger partial charge is 0.350 e. The van der Waals surface area contributed by atoms with Crippen molar-refractivity contribution in [3.63, 3.8) is 0 Å². The highest BCUT2D eigenvalue weighted by Crippen LogP contribution is 2.34. The van der Waals surface area contributed by atoms with Gasteiger partial charge in [0.1, 0.15) is 17.5 Å². The normalized spacial score (nSPS) is 16.9. The molecule has 6 nitrogen and oxygen atoms in total. The summed E-state index contributed by atoms with van der Waals surface area (Å²) >= 11 is 0. The average molecular weight is 402 g/mol. The van der Waals surface area contributed by atoms with Crippen molar-refractivity contribution in [2.24, 2.45) is 7.05 Å². The van der Waals surface area contributed by atoms with Crippen LogP contribution in [0.3, 0.4) is 0 Å². The van der Waals surface area contributed by atoms with E-state index in [-0.39, 0.29) is 11.9 Å². The van der Waals surface area contributed by atoms with Gasteiger partial charge in [-0.2, -0.15) is 0 Å². The van der Waals surface area contributed by atoms with Crippen LogP contribution in [0.25, 0.3) is 10.9 Å². The number of nitrogens with zero attached hydrogens (tertiary/aromatic N) is 5. The molecule has 7 heteroatoms. The molecule has 4 heterocycles. The first-order valence-electron chi connectivity index (χ1n) is 10.1. The summed E-state index contributed by atoms with van der Waals surface area (Å²) in [6.07, 6.45) is 9.53. The zero-order valence-electron chi connectivity index (χ0n) is 16.8. The molecule has 0 radical (unpaired) electrons. The van der Waals surface area contributed by atoms with Gasteiger partial charge in [-0.05, 0) is 55.3 Å². The number of anilines is 2. The quantitative estimate of drug-likeness (QED) is 0.529. The number of aromatic nitrogens is 4. The predicted molar refractivity (Wildman–Crippen MR) is 115 cm³/mol. The van der Waals surface area contributed by atoms with Crippen molar-refractivity contribution in [3.8, 4) is 0 Å². The molecule has 3 aromatic heterocycles. The Hall–Kier alpha value is -3.32. The van der Waals surface area contributed by atoms with Crippen LogP contribution in [0.2, 0.25) is 0 Å². The monoisotopic (exact) mass is 402 g/mol. The first-order valence-corrected chi connectivity index (χ1v) is 10.1. The first-order chi connectivity index (χ1) is 14.7. The van der Waals surface area contributed by atoms with Gasteiger partial charge in [0.05, 0.1) is 24.1 Å². The maximum atomic E-state index is 13.9. The van der Waals surface area contributed by atoms with Gasteiger partial charge < -0.3 is 9.88 Å². The summed E-state index contributed by atoms with van der Waals surface area (Å²) in [6.45, 7) is 1.74. The second kappa shape index (κ2) is 7.84. The summed E-state index contributed by atoms with van der Waals surface area (Å²) in [5.74, 6) is 1.22. The van der Waals surface area contributed by atoms with Crippen molar-refractivity contribution in [2.75, 3.05) is 11.9 Å². The highest BCUT2D eigenvalue weighted by Gasteiger charge is 2.28. The van der Waals surface area contributed by atoms with Crippen LogP contribution in [0.4, 0.5) is 16.0 Å². The number of fused-ring (bicyclic) bond motifs is 1. The molecule has 1 aromatic carbocycles. The van der Waals surface area contributed by atoms with Crippen LogP contribution in [0.15, 0.2) is 61.2 Å². The number of benzene rings is 1. The number of rotatable bonds is 5. The number of likely N-dealkylation sites (tertiary alicyclic amines) is 1. The van der Waals surface area contributed by atoms with Crippen LogP contribution in [0.5, 0.6) is 0 Å². The van der Waals surface area contributed by atoms with Gasteiger partial charge in [0.2, 0.25) is 0 Å².